The van der Waals surface area contributed by atoms with Gasteiger partial charge in [0.15, 0.2) is 0 Å². The lowest BCUT2D eigenvalue weighted by atomic mass is 10.7. The van der Waals surface area contributed by atoms with E-state index in [2.05, 4.69) is 21.3 Å². The van der Waals surface area contributed by atoms with Gasteiger partial charge in [0.05, 0.1) is 0 Å². The molecule has 3 heteroatoms. The van der Waals surface area contributed by atoms with Crippen LogP contribution >= 0.6 is 22.7 Å². The number of nitrogens with zero attached hydrogens (tertiary/aromatic N) is 1. The molecular formula is C7H8NS2+. The van der Waals surface area contributed by atoms with Crippen LogP contribution in [0.5, 0.6) is 0 Å². The maximum atomic E-state index is 5.15. The lowest BCUT2D eigenvalue weighted by Gasteiger charge is -1.82. The highest BCUT2D eigenvalue weighted by molar-refractivity contribution is 7.24. The summed E-state index contributed by atoms with van der Waals surface area (Å²) < 4.78 is 3.33. The molecule has 1 aromatic heterocycles. The number of terminal acetylenes is 1. The topological polar surface area (TPSA) is 3.01 Å². The second-order valence-corrected chi connectivity index (χ2v) is 3.88. The molecule has 52 valence electrons. The predicted molar refractivity (Wildman–Crippen MR) is 47.1 cm³/mol. The van der Waals surface area contributed by atoms with Gasteiger partial charge in [0.1, 0.15) is 7.05 Å². The maximum Gasteiger partial charge on any atom is 0.314 e. The van der Waals surface area contributed by atoms with Crippen molar-refractivity contribution in [2.75, 3.05) is 13.6 Å². The standard InChI is InChI=1S/C7H8NS2/c1-3-4-8(2)7-9-5-6-10-7/h1,5-6H,4H2,2H3/q+1. The molecule has 0 aliphatic rings. The fraction of sp³-hybridized carbons (Fsp3) is 0.286. The van der Waals surface area contributed by atoms with E-state index in [1.54, 1.807) is 22.7 Å². The van der Waals surface area contributed by atoms with Crippen LogP contribution in [-0.2, 0) is 0 Å². The molecule has 0 radical (unpaired) electrons. The molecule has 0 atom stereocenters. The van der Waals surface area contributed by atoms with Crippen LogP contribution in [0.25, 0.3) is 0 Å². The Morgan fingerprint density at radius 2 is 2.20 bits per heavy atom. The lowest BCUT2D eigenvalue weighted by Crippen LogP contribution is -2.21. The third-order valence-corrected chi connectivity index (χ3v) is 3.35. The molecule has 0 saturated heterocycles. The van der Waals surface area contributed by atoms with Crippen LogP contribution in [0.3, 0.4) is 0 Å². The van der Waals surface area contributed by atoms with Crippen molar-refractivity contribution in [1.29, 1.82) is 0 Å². The molecule has 10 heavy (non-hydrogen) atoms. The van der Waals surface area contributed by atoms with Crippen molar-refractivity contribution in [1.82, 2.24) is 4.58 Å². The maximum absolute atomic E-state index is 5.15. The second kappa shape index (κ2) is 3.55. The van der Waals surface area contributed by atoms with Gasteiger partial charge in [0.2, 0.25) is 6.54 Å². The summed E-state index contributed by atoms with van der Waals surface area (Å²) in [5, 5.41) is 4.13. The van der Waals surface area contributed by atoms with Crippen LogP contribution in [0.1, 0.15) is 0 Å². The molecule has 0 aliphatic carbocycles. The van der Waals surface area contributed by atoms with Crippen molar-refractivity contribution >= 4 is 22.7 Å². The molecule has 1 heterocycles. The second-order valence-electron chi connectivity index (χ2n) is 1.83. The lowest BCUT2D eigenvalue weighted by molar-refractivity contribution is 0.782. The molecule has 0 aliphatic heterocycles. The van der Waals surface area contributed by atoms with Gasteiger partial charge in [-0.1, -0.05) is 22.7 Å². The molecule has 0 N–H and O–H groups in total. The molecule has 1 nitrogen and oxygen atoms in total. The van der Waals surface area contributed by atoms with Gasteiger partial charge < -0.3 is 0 Å². The van der Waals surface area contributed by atoms with Crippen LogP contribution in [0.4, 0.5) is 0 Å². The first-order chi connectivity index (χ1) is 4.84. The van der Waals surface area contributed by atoms with Crippen LogP contribution in [0.15, 0.2) is 10.8 Å². The Kier molecular flexibility index (Phi) is 2.67. The zero-order valence-corrected chi connectivity index (χ0v) is 7.34. The summed E-state index contributed by atoms with van der Waals surface area (Å²) in [5.74, 6) is 2.60. The van der Waals surface area contributed by atoms with E-state index >= 15 is 0 Å². The largest absolute Gasteiger partial charge is 0.314 e. The zero-order valence-electron chi connectivity index (χ0n) is 5.70. The van der Waals surface area contributed by atoms with Crippen LogP contribution < -0.4 is 8.56 Å². The van der Waals surface area contributed by atoms with Gasteiger partial charge in [-0.2, -0.15) is 0 Å². The van der Waals surface area contributed by atoms with Crippen molar-refractivity contribution in [3.63, 3.8) is 0 Å². The van der Waals surface area contributed by atoms with E-state index in [-0.39, 0.29) is 0 Å². The van der Waals surface area contributed by atoms with E-state index in [1.807, 2.05) is 7.05 Å². The minimum Gasteiger partial charge on any atom is -0.203 e. The smallest absolute Gasteiger partial charge is 0.203 e. The summed E-state index contributed by atoms with van der Waals surface area (Å²) >= 11 is 3.44. The van der Waals surface area contributed by atoms with Crippen LogP contribution in [-0.4, -0.2) is 13.6 Å². The van der Waals surface area contributed by atoms with Gasteiger partial charge in [-0.25, -0.2) is 4.58 Å². The highest BCUT2D eigenvalue weighted by Crippen LogP contribution is 1.91. The summed E-state index contributed by atoms with van der Waals surface area (Å²) in [7, 11) is 2.00. The number of hydrogen-bond acceptors (Lipinski definition) is 2. The number of hydrogen-bond donors (Lipinski definition) is 0. The Morgan fingerprint density at radius 1 is 1.60 bits per heavy atom. The average molecular weight is 170 g/mol. The van der Waals surface area contributed by atoms with Gasteiger partial charge in [0.25, 0.3) is 0 Å². The third kappa shape index (κ3) is 1.69. The number of rotatable bonds is 1. The Balaban J connectivity index is 3.01. The van der Waals surface area contributed by atoms with Crippen molar-refractivity contribution in [3.05, 3.63) is 14.7 Å². The Morgan fingerprint density at radius 3 is 2.70 bits per heavy atom. The van der Waals surface area contributed by atoms with E-state index in [1.165, 1.54) is 3.98 Å². The quantitative estimate of drug-likeness (QED) is 0.434. The van der Waals surface area contributed by atoms with Gasteiger partial charge >= 0.3 is 3.98 Å². The average Bonchev–Trinajstić information content (AvgIpc) is 2.38. The summed E-state index contributed by atoms with van der Waals surface area (Å²) in [6.07, 6.45) is 5.15. The Labute approximate surface area is 68.3 Å². The molecular weight excluding hydrogens is 162 g/mol. The Bertz CT molecular complexity index is 283. The molecule has 0 spiro atoms. The fourth-order valence-electron chi connectivity index (χ4n) is 0.581. The van der Waals surface area contributed by atoms with E-state index in [0.29, 0.717) is 6.54 Å². The predicted octanol–water partition coefficient (Wildman–Crippen LogP) is 0.845. The summed E-state index contributed by atoms with van der Waals surface area (Å²) in [6.45, 7) is 0.691. The first kappa shape index (κ1) is 7.52. The van der Waals surface area contributed by atoms with Crippen molar-refractivity contribution < 1.29 is 0 Å². The van der Waals surface area contributed by atoms with Crippen molar-refractivity contribution in [2.45, 2.75) is 0 Å². The molecule has 1 rings (SSSR count). The molecule has 0 bridgehead atoms. The zero-order chi connectivity index (χ0) is 7.40. The SMILES string of the molecule is C#CC[N+](C)=c1sccs1. The first-order valence-corrected chi connectivity index (χ1v) is 4.60. The Hall–Kier alpha value is -0.590. The summed E-state index contributed by atoms with van der Waals surface area (Å²) in [6, 6.07) is 0. The van der Waals surface area contributed by atoms with Gasteiger partial charge in [-0.05, 0) is 5.92 Å². The molecule has 1 aromatic rings. The van der Waals surface area contributed by atoms with Crippen molar-refractivity contribution in [2.24, 2.45) is 0 Å². The van der Waals surface area contributed by atoms with Crippen LogP contribution in [0.2, 0.25) is 0 Å². The van der Waals surface area contributed by atoms with E-state index < -0.39 is 0 Å². The molecule has 0 saturated carbocycles. The minimum atomic E-state index is 0.691. The highest BCUT2D eigenvalue weighted by Gasteiger charge is 1.94. The van der Waals surface area contributed by atoms with Crippen LogP contribution in [0, 0.1) is 12.3 Å². The monoisotopic (exact) mass is 170 g/mol. The van der Waals surface area contributed by atoms with E-state index in [4.69, 9.17) is 6.42 Å². The van der Waals surface area contributed by atoms with Crippen molar-refractivity contribution in [3.8, 4) is 12.3 Å². The fourth-order valence-corrected chi connectivity index (χ4v) is 2.30. The molecule has 0 fully saturated rings. The molecule has 0 amide bonds. The molecule has 0 unspecified atom stereocenters. The van der Waals surface area contributed by atoms with Gasteiger partial charge in [0, 0.05) is 10.8 Å². The van der Waals surface area contributed by atoms with Gasteiger partial charge in [-0.15, -0.1) is 6.42 Å². The van der Waals surface area contributed by atoms with E-state index in [9.17, 15) is 0 Å². The summed E-state index contributed by atoms with van der Waals surface area (Å²) in [5.41, 5.74) is 0. The van der Waals surface area contributed by atoms with E-state index in [0.717, 1.165) is 0 Å². The first-order valence-electron chi connectivity index (χ1n) is 2.84. The highest BCUT2D eigenvalue weighted by atomic mass is 32.2. The minimum absolute atomic E-state index is 0.691. The summed E-state index contributed by atoms with van der Waals surface area (Å²) in [4.78, 5) is 0. The normalized spacial score (nSPS) is 8.80. The third-order valence-electron chi connectivity index (χ3n) is 1.03. The van der Waals surface area contributed by atoms with Gasteiger partial charge in [-0.3, -0.25) is 0 Å². The molecule has 0 aromatic carbocycles.